The van der Waals surface area contributed by atoms with Crippen molar-refractivity contribution in [3.05, 3.63) is 65.0 Å². The maximum atomic E-state index is 12.9. The van der Waals surface area contributed by atoms with Crippen LogP contribution in [0.15, 0.2) is 48.4 Å². The van der Waals surface area contributed by atoms with Crippen LogP contribution < -0.4 is 9.47 Å². The Bertz CT molecular complexity index is 1140. The van der Waals surface area contributed by atoms with Crippen LogP contribution in [0.5, 0.6) is 11.5 Å². The molecule has 0 spiro atoms. The van der Waals surface area contributed by atoms with Gasteiger partial charge in [-0.05, 0) is 30.7 Å². The summed E-state index contributed by atoms with van der Waals surface area (Å²) in [5.41, 5.74) is 3.14. The van der Waals surface area contributed by atoms with E-state index in [9.17, 15) is 9.59 Å². The van der Waals surface area contributed by atoms with Crippen molar-refractivity contribution in [2.75, 3.05) is 13.7 Å². The molecule has 28 heavy (non-hydrogen) atoms. The van der Waals surface area contributed by atoms with Crippen LogP contribution in [-0.2, 0) is 16.6 Å². The first-order valence-corrected chi connectivity index (χ1v) is 8.80. The minimum atomic E-state index is -0.516. The first-order chi connectivity index (χ1) is 13.5. The molecule has 4 rings (SSSR count). The summed E-state index contributed by atoms with van der Waals surface area (Å²) in [6.45, 7) is 1.64. The van der Waals surface area contributed by atoms with E-state index in [0.29, 0.717) is 22.6 Å². The molecular formula is C22H19NO5. The molecule has 0 bridgehead atoms. The van der Waals surface area contributed by atoms with Gasteiger partial charge in [0.15, 0.2) is 5.76 Å². The summed E-state index contributed by atoms with van der Waals surface area (Å²) in [5.74, 6) is 0.247. The van der Waals surface area contributed by atoms with Crippen LogP contribution in [0.4, 0.5) is 0 Å². The molecule has 2 aromatic carbocycles. The van der Waals surface area contributed by atoms with Crippen LogP contribution in [0.3, 0.4) is 0 Å². The molecule has 1 aliphatic heterocycles. The van der Waals surface area contributed by atoms with Gasteiger partial charge < -0.3 is 18.8 Å². The lowest BCUT2D eigenvalue weighted by Gasteiger charge is -2.07. The van der Waals surface area contributed by atoms with Crippen LogP contribution in [0.2, 0.25) is 0 Å². The standard InChI is InChI=1S/C22H19NO5/c1-13-8-15(27-20(24)12-26-3)10-18-21(13)22(25)19(28-18)9-14-11-23(2)17-7-5-4-6-16(14)17/h4-11H,12H2,1-3H3/b19-9-. The fourth-order valence-electron chi connectivity index (χ4n) is 3.44. The number of ether oxygens (including phenoxy) is 3. The van der Waals surface area contributed by atoms with E-state index in [-0.39, 0.29) is 18.1 Å². The third-order valence-corrected chi connectivity index (χ3v) is 4.65. The lowest BCUT2D eigenvalue weighted by Crippen LogP contribution is -2.14. The number of carbonyl (C=O) groups excluding carboxylic acids is 2. The van der Waals surface area contributed by atoms with Crippen molar-refractivity contribution < 1.29 is 23.8 Å². The number of rotatable bonds is 4. The van der Waals surface area contributed by atoms with Crippen molar-refractivity contribution in [3.63, 3.8) is 0 Å². The minimum absolute atomic E-state index is 0.151. The van der Waals surface area contributed by atoms with E-state index in [1.165, 1.54) is 7.11 Å². The summed E-state index contributed by atoms with van der Waals surface area (Å²) in [4.78, 5) is 24.5. The molecule has 0 fully saturated rings. The molecule has 6 heteroatoms. The molecule has 142 valence electrons. The molecular weight excluding hydrogens is 358 g/mol. The SMILES string of the molecule is COCC(=O)Oc1cc(C)c2c(c1)O/C(=C\c1cn(C)c3ccccc13)C2=O. The lowest BCUT2D eigenvalue weighted by molar-refractivity contribution is -0.138. The van der Waals surface area contributed by atoms with Crippen LogP contribution in [0, 0.1) is 6.92 Å². The van der Waals surface area contributed by atoms with Crippen LogP contribution in [-0.4, -0.2) is 30.0 Å². The van der Waals surface area contributed by atoms with Gasteiger partial charge in [0.05, 0.1) is 5.56 Å². The highest BCUT2D eigenvalue weighted by molar-refractivity contribution is 6.16. The lowest BCUT2D eigenvalue weighted by atomic mass is 10.0. The van der Waals surface area contributed by atoms with Gasteiger partial charge in [0.1, 0.15) is 18.1 Å². The van der Waals surface area contributed by atoms with Gasteiger partial charge in [-0.1, -0.05) is 18.2 Å². The van der Waals surface area contributed by atoms with Gasteiger partial charge in [-0.2, -0.15) is 0 Å². The van der Waals surface area contributed by atoms with Crippen molar-refractivity contribution in [3.8, 4) is 11.5 Å². The average molecular weight is 377 g/mol. The average Bonchev–Trinajstić information content (AvgIpc) is 3.13. The van der Waals surface area contributed by atoms with Crippen LogP contribution in [0.25, 0.3) is 17.0 Å². The van der Waals surface area contributed by atoms with Gasteiger partial charge in [0.2, 0.25) is 5.78 Å². The number of ketones is 1. The number of para-hydroxylation sites is 1. The third-order valence-electron chi connectivity index (χ3n) is 4.65. The van der Waals surface area contributed by atoms with Gasteiger partial charge in [-0.25, -0.2) is 4.79 Å². The number of aryl methyl sites for hydroxylation is 2. The van der Waals surface area contributed by atoms with E-state index >= 15 is 0 Å². The quantitative estimate of drug-likeness (QED) is 0.394. The molecule has 0 atom stereocenters. The Morgan fingerprint density at radius 2 is 2.04 bits per heavy atom. The predicted molar refractivity (Wildman–Crippen MR) is 105 cm³/mol. The Kier molecular flexibility index (Phi) is 4.49. The second-order valence-corrected chi connectivity index (χ2v) is 6.67. The summed E-state index contributed by atoms with van der Waals surface area (Å²) >= 11 is 0. The van der Waals surface area contributed by atoms with Crippen molar-refractivity contribution in [1.82, 2.24) is 4.57 Å². The molecule has 1 aliphatic rings. The van der Waals surface area contributed by atoms with Crippen LogP contribution in [0.1, 0.15) is 21.5 Å². The summed E-state index contributed by atoms with van der Waals surface area (Å²) in [5, 5.41) is 1.04. The Balaban J connectivity index is 1.69. The van der Waals surface area contributed by atoms with E-state index in [0.717, 1.165) is 16.5 Å². The minimum Gasteiger partial charge on any atom is -0.452 e. The Hall–Kier alpha value is -3.38. The largest absolute Gasteiger partial charge is 0.452 e. The van der Waals surface area contributed by atoms with Crippen molar-refractivity contribution in [2.24, 2.45) is 7.05 Å². The van der Waals surface area contributed by atoms with E-state index < -0.39 is 5.97 Å². The molecule has 1 aromatic heterocycles. The zero-order chi connectivity index (χ0) is 19.8. The molecule has 0 saturated carbocycles. The molecule has 0 unspecified atom stereocenters. The van der Waals surface area contributed by atoms with Crippen molar-refractivity contribution >= 4 is 28.7 Å². The van der Waals surface area contributed by atoms with Crippen LogP contribution >= 0.6 is 0 Å². The number of esters is 1. The van der Waals surface area contributed by atoms with E-state index in [2.05, 4.69) is 0 Å². The summed E-state index contributed by atoms with van der Waals surface area (Å²) in [6, 6.07) is 11.2. The number of allylic oxidation sites excluding steroid dienone is 1. The fourth-order valence-corrected chi connectivity index (χ4v) is 3.44. The summed E-state index contributed by atoms with van der Waals surface area (Å²) < 4.78 is 17.8. The maximum absolute atomic E-state index is 12.9. The number of hydrogen-bond donors (Lipinski definition) is 0. The Labute approximate surface area is 161 Å². The number of Topliss-reactive ketones (excluding diaryl/α,β-unsaturated/α-hetero) is 1. The highest BCUT2D eigenvalue weighted by Gasteiger charge is 2.30. The number of aromatic nitrogens is 1. The van der Waals surface area contributed by atoms with Crippen molar-refractivity contribution in [2.45, 2.75) is 6.92 Å². The second-order valence-electron chi connectivity index (χ2n) is 6.67. The zero-order valence-corrected chi connectivity index (χ0v) is 15.8. The highest BCUT2D eigenvalue weighted by atomic mass is 16.6. The Morgan fingerprint density at radius 1 is 1.25 bits per heavy atom. The van der Waals surface area contributed by atoms with Gasteiger partial charge >= 0.3 is 5.97 Å². The fraction of sp³-hybridized carbons (Fsp3) is 0.182. The molecule has 3 aromatic rings. The number of nitrogens with zero attached hydrogens (tertiary/aromatic N) is 1. The molecule has 0 radical (unpaired) electrons. The van der Waals surface area contributed by atoms with Gasteiger partial charge in [-0.15, -0.1) is 0 Å². The molecule has 0 amide bonds. The first kappa shape index (κ1) is 18.0. The first-order valence-electron chi connectivity index (χ1n) is 8.80. The van der Waals surface area contributed by atoms with Gasteiger partial charge in [-0.3, -0.25) is 4.79 Å². The Morgan fingerprint density at radius 3 is 2.82 bits per heavy atom. The summed E-state index contributed by atoms with van der Waals surface area (Å²) in [6.07, 6.45) is 3.71. The second kappa shape index (κ2) is 6.98. The number of fused-ring (bicyclic) bond motifs is 2. The number of carbonyl (C=O) groups is 2. The van der Waals surface area contributed by atoms with E-state index in [4.69, 9.17) is 14.2 Å². The van der Waals surface area contributed by atoms with E-state index in [1.807, 2.05) is 42.1 Å². The topological polar surface area (TPSA) is 66.8 Å². The maximum Gasteiger partial charge on any atom is 0.337 e. The number of hydrogen-bond acceptors (Lipinski definition) is 5. The monoisotopic (exact) mass is 377 g/mol. The number of methoxy groups -OCH3 is 1. The molecule has 2 heterocycles. The molecule has 6 nitrogen and oxygen atoms in total. The molecule has 0 N–H and O–H groups in total. The predicted octanol–water partition coefficient (Wildman–Crippen LogP) is 3.65. The molecule has 0 aliphatic carbocycles. The smallest absolute Gasteiger partial charge is 0.337 e. The molecule has 0 saturated heterocycles. The third kappa shape index (κ3) is 3.08. The zero-order valence-electron chi connectivity index (χ0n) is 15.8. The number of benzene rings is 2. The van der Waals surface area contributed by atoms with Gasteiger partial charge in [0.25, 0.3) is 0 Å². The van der Waals surface area contributed by atoms with E-state index in [1.54, 1.807) is 25.1 Å². The summed E-state index contributed by atoms with van der Waals surface area (Å²) in [7, 11) is 3.38. The normalized spacial score (nSPS) is 14.4. The van der Waals surface area contributed by atoms with Crippen molar-refractivity contribution in [1.29, 1.82) is 0 Å². The highest BCUT2D eigenvalue weighted by Crippen LogP contribution is 2.38. The van der Waals surface area contributed by atoms with Gasteiger partial charge in [0, 0.05) is 42.9 Å².